The Bertz CT molecular complexity index is 726. The summed E-state index contributed by atoms with van der Waals surface area (Å²) in [5, 5.41) is 1.18. The van der Waals surface area contributed by atoms with E-state index in [2.05, 4.69) is 31.0 Å². The lowest BCUT2D eigenvalue weighted by atomic mass is 10.0. The van der Waals surface area contributed by atoms with Crippen molar-refractivity contribution in [3.8, 4) is 11.1 Å². The van der Waals surface area contributed by atoms with Crippen molar-refractivity contribution >= 4 is 28.8 Å². The first-order valence-corrected chi connectivity index (χ1v) is 7.35. The van der Waals surface area contributed by atoms with Crippen molar-refractivity contribution in [2.75, 3.05) is 6.26 Å². The largest absolute Gasteiger partial charge is 0.456 e. The van der Waals surface area contributed by atoms with Gasteiger partial charge in [-0.1, -0.05) is 43.0 Å². The first-order valence-electron chi connectivity index (χ1n) is 6.12. The van der Waals surface area contributed by atoms with Gasteiger partial charge in [0.2, 0.25) is 0 Å². The molecule has 3 aromatic rings. The SMILES string of the molecule is C=Cc1oc2cccc(SC)c2c1-c1ccccc1. The molecule has 0 radical (unpaired) electrons. The Morgan fingerprint density at radius 3 is 2.53 bits per heavy atom. The number of hydrogen-bond acceptors (Lipinski definition) is 2. The lowest BCUT2D eigenvalue weighted by Gasteiger charge is -2.03. The predicted octanol–water partition coefficient (Wildman–Crippen LogP) is 5.46. The highest BCUT2D eigenvalue weighted by atomic mass is 32.2. The van der Waals surface area contributed by atoms with Crippen LogP contribution in [0.5, 0.6) is 0 Å². The molecule has 0 saturated heterocycles. The van der Waals surface area contributed by atoms with Gasteiger partial charge < -0.3 is 4.42 Å². The normalized spacial score (nSPS) is 10.8. The summed E-state index contributed by atoms with van der Waals surface area (Å²) in [4.78, 5) is 1.23. The lowest BCUT2D eigenvalue weighted by Crippen LogP contribution is -1.80. The highest BCUT2D eigenvalue weighted by Gasteiger charge is 2.16. The Balaban J connectivity index is 2.41. The van der Waals surface area contributed by atoms with Crippen molar-refractivity contribution in [3.63, 3.8) is 0 Å². The Morgan fingerprint density at radius 2 is 1.84 bits per heavy atom. The van der Waals surface area contributed by atoms with Crippen molar-refractivity contribution in [1.82, 2.24) is 0 Å². The van der Waals surface area contributed by atoms with Gasteiger partial charge in [0.05, 0.1) is 0 Å². The molecule has 0 aliphatic heterocycles. The average molecular weight is 266 g/mol. The van der Waals surface area contributed by atoms with Gasteiger partial charge in [-0.25, -0.2) is 0 Å². The summed E-state index contributed by atoms with van der Waals surface area (Å²) in [6.45, 7) is 3.87. The monoisotopic (exact) mass is 266 g/mol. The third-order valence-electron chi connectivity index (χ3n) is 3.17. The van der Waals surface area contributed by atoms with Gasteiger partial charge in [-0.05, 0) is 30.0 Å². The van der Waals surface area contributed by atoms with Crippen LogP contribution in [0.25, 0.3) is 28.2 Å². The summed E-state index contributed by atoms with van der Waals surface area (Å²) in [6, 6.07) is 16.5. The van der Waals surface area contributed by atoms with Crippen LogP contribution in [0, 0.1) is 0 Å². The minimum absolute atomic E-state index is 0.836. The van der Waals surface area contributed by atoms with Crippen LogP contribution in [0.15, 0.2) is 64.4 Å². The summed E-state index contributed by atoms with van der Waals surface area (Å²) >= 11 is 1.74. The molecule has 0 atom stereocenters. The van der Waals surface area contributed by atoms with E-state index in [0.717, 1.165) is 22.5 Å². The molecule has 0 spiro atoms. The third-order valence-corrected chi connectivity index (χ3v) is 3.95. The molecule has 0 aliphatic rings. The van der Waals surface area contributed by atoms with E-state index >= 15 is 0 Å². The number of benzene rings is 2. The van der Waals surface area contributed by atoms with Crippen LogP contribution in [0.3, 0.4) is 0 Å². The van der Waals surface area contributed by atoms with Crippen molar-refractivity contribution in [3.05, 3.63) is 60.9 Å². The molecule has 0 N–H and O–H groups in total. The van der Waals surface area contributed by atoms with Crippen molar-refractivity contribution < 1.29 is 4.42 Å². The van der Waals surface area contributed by atoms with Crippen LogP contribution >= 0.6 is 11.8 Å². The van der Waals surface area contributed by atoms with Crippen LogP contribution in [0.1, 0.15) is 5.76 Å². The predicted molar refractivity (Wildman–Crippen MR) is 83.5 cm³/mol. The second-order valence-electron chi connectivity index (χ2n) is 4.24. The molecule has 2 aromatic carbocycles. The highest BCUT2D eigenvalue weighted by molar-refractivity contribution is 7.98. The topological polar surface area (TPSA) is 13.1 Å². The maximum atomic E-state index is 5.91. The van der Waals surface area contributed by atoms with E-state index < -0.39 is 0 Å². The molecular formula is C17H14OS. The molecule has 2 heteroatoms. The van der Waals surface area contributed by atoms with E-state index in [9.17, 15) is 0 Å². The quantitative estimate of drug-likeness (QED) is 0.583. The molecule has 1 heterocycles. The minimum atomic E-state index is 0.836. The average Bonchev–Trinajstić information content (AvgIpc) is 2.86. The van der Waals surface area contributed by atoms with E-state index in [1.165, 1.54) is 10.3 Å². The van der Waals surface area contributed by atoms with E-state index in [4.69, 9.17) is 4.42 Å². The van der Waals surface area contributed by atoms with Gasteiger partial charge in [-0.15, -0.1) is 11.8 Å². The van der Waals surface area contributed by atoms with Crippen molar-refractivity contribution in [2.45, 2.75) is 4.90 Å². The molecule has 0 unspecified atom stereocenters. The van der Waals surface area contributed by atoms with Crippen LogP contribution < -0.4 is 0 Å². The van der Waals surface area contributed by atoms with Gasteiger partial charge in [0.25, 0.3) is 0 Å². The first-order chi connectivity index (χ1) is 9.35. The molecule has 94 valence electrons. The summed E-state index contributed by atoms with van der Waals surface area (Å²) < 4.78 is 5.91. The molecule has 0 bridgehead atoms. The van der Waals surface area contributed by atoms with Crippen LogP contribution in [0.4, 0.5) is 0 Å². The number of rotatable bonds is 3. The van der Waals surface area contributed by atoms with Crippen LogP contribution in [-0.4, -0.2) is 6.26 Å². The summed E-state index contributed by atoms with van der Waals surface area (Å²) in [5.74, 6) is 0.836. The van der Waals surface area contributed by atoms with Gasteiger partial charge in [0, 0.05) is 15.8 Å². The highest BCUT2D eigenvalue weighted by Crippen LogP contribution is 2.40. The molecule has 0 fully saturated rings. The van der Waals surface area contributed by atoms with E-state index in [1.54, 1.807) is 17.8 Å². The van der Waals surface area contributed by atoms with Gasteiger partial charge in [-0.3, -0.25) is 0 Å². The first kappa shape index (κ1) is 12.1. The second kappa shape index (κ2) is 4.98. The molecule has 0 amide bonds. The zero-order valence-corrected chi connectivity index (χ0v) is 11.5. The molecule has 0 aliphatic carbocycles. The Labute approximate surface area is 116 Å². The fourth-order valence-corrected chi connectivity index (χ4v) is 2.96. The summed E-state index contributed by atoms with van der Waals surface area (Å²) in [5.41, 5.74) is 3.22. The smallest absolute Gasteiger partial charge is 0.136 e. The molecular weight excluding hydrogens is 252 g/mol. The number of fused-ring (bicyclic) bond motifs is 1. The van der Waals surface area contributed by atoms with E-state index in [-0.39, 0.29) is 0 Å². The van der Waals surface area contributed by atoms with Gasteiger partial charge in [0.15, 0.2) is 0 Å². The Morgan fingerprint density at radius 1 is 1.05 bits per heavy atom. The fourth-order valence-electron chi connectivity index (χ4n) is 2.34. The zero-order chi connectivity index (χ0) is 13.2. The molecule has 1 aromatic heterocycles. The number of hydrogen-bond donors (Lipinski definition) is 0. The molecule has 1 nitrogen and oxygen atoms in total. The zero-order valence-electron chi connectivity index (χ0n) is 10.7. The minimum Gasteiger partial charge on any atom is -0.456 e. The van der Waals surface area contributed by atoms with Crippen molar-refractivity contribution in [2.24, 2.45) is 0 Å². The van der Waals surface area contributed by atoms with Gasteiger partial charge >= 0.3 is 0 Å². The molecule has 19 heavy (non-hydrogen) atoms. The van der Waals surface area contributed by atoms with Crippen LogP contribution in [0.2, 0.25) is 0 Å². The Kier molecular flexibility index (Phi) is 3.18. The van der Waals surface area contributed by atoms with Gasteiger partial charge in [-0.2, -0.15) is 0 Å². The fraction of sp³-hybridized carbons (Fsp3) is 0.0588. The molecule has 0 saturated carbocycles. The number of furan rings is 1. The maximum absolute atomic E-state index is 5.91. The number of thioether (sulfide) groups is 1. The van der Waals surface area contributed by atoms with E-state index in [0.29, 0.717) is 0 Å². The third kappa shape index (κ3) is 1.98. The maximum Gasteiger partial charge on any atom is 0.136 e. The summed E-state index contributed by atoms with van der Waals surface area (Å²) in [6.07, 6.45) is 3.87. The summed E-state index contributed by atoms with van der Waals surface area (Å²) in [7, 11) is 0. The lowest BCUT2D eigenvalue weighted by molar-refractivity contribution is 0.605. The van der Waals surface area contributed by atoms with Gasteiger partial charge in [0.1, 0.15) is 11.3 Å². The molecule has 3 rings (SSSR count). The Hall–Kier alpha value is -1.93. The standard InChI is InChI=1S/C17H14OS/c1-3-13-16(12-8-5-4-6-9-12)17-14(18-13)10-7-11-15(17)19-2/h3-11H,1H2,2H3. The van der Waals surface area contributed by atoms with E-state index in [1.807, 2.05) is 30.3 Å². The van der Waals surface area contributed by atoms with Crippen LogP contribution in [-0.2, 0) is 0 Å². The second-order valence-corrected chi connectivity index (χ2v) is 5.09. The van der Waals surface area contributed by atoms with Crippen molar-refractivity contribution in [1.29, 1.82) is 0 Å².